The molecule has 6 nitrogen and oxygen atoms in total. The van der Waals surface area contributed by atoms with E-state index in [2.05, 4.69) is 5.18 Å². The molecule has 1 unspecified atom stereocenters. The molecule has 0 spiro atoms. The van der Waals surface area contributed by atoms with Gasteiger partial charge in [-0.25, -0.2) is 0 Å². The number of benzene rings is 2. The summed E-state index contributed by atoms with van der Waals surface area (Å²) in [5.74, 6) is -2.20. The normalized spacial score (nSPS) is 14.5. The zero-order valence-electron chi connectivity index (χ0n) is 12.0. The molecule has 1 aliphatic heterocycles. The Hall–Kier alpha value is -3.15. The molecule has 1 aliphatic rings. The maximum absolute atomic E-state index is 12.5. The second kappa shape index (κ2) is 5.92. The Labute approximate surface area is 131 Å². The maximum atomic E-state index is 12.5. The highest BCUT2D eigenvalue weighted by Crippen LogP contribution is 2.26. The summed E-state index contributed by atoms with van der Waals surface area (Å²) in [7, 11) is 0. The summed E-state index contributed by atoms with van der Waals surface area (Å²) < 4.78 is 0. The van der Waals surface area contributed by atoms with Gasteiger partial charge in [0.1, 0.15) is 6.04 Å². The minimum absolute atomic E-state index is 0.0525. The lowest BCUT2D eigenvalue weighted by molar-refractivity contribution is -0.121. The molecule has 0 N–H and O–H groups in total. The fourth-order valence-corrected chi connectivity index (χ4v) is 2.68. The Bertz CT molecular complexity index is 766. The van der Waals surface area contributed by atoms with Crippen LogP contribution in [0, 0.1) is 4.91 Å². The second-order valence-corrected chi connectivity index (χ2v) is 5.16. The summed E-state index contributed by atoms with van der Waals surface area (Å²) in [4.78, 5) is 48.4. The van der Waals surface area contributed by atoms with Crippen LogP contribution in [0.2, 0.25) is 0 Å². The molecule has 23 heavy (non-hydrogen) atoms. The summed E-state index contributed by atoms with van der Waals surface area (Å²) in [6, 6.07) is 13.9. The van der Waals surface area contributed by atoms with Gasteiger partial charge in [0.15, 0.2) is 0 Å². The van der Waals surface area contributed by atoms with Crippen LogP contribution in [0.5, 0.6) is 0 Å². The molecule has 0 bridgehead atoms. The molecule has 114 valence electrons. The Balaban J connectivity index is 1.98. The fraction of sp³-hybridized carbons (Fsp3) is 0.118. The lowest BCUT2D eigenvalue weighted by Crippen LogP contribution is -2.45. The molecule has 2 aromatic rings. The van der Waals surface area contributed by atoms with Crippen molar-refractivity contribution in [3.63, 3.8) is 0 Å². The van der Waals surface area contributed by atoms with Crippen molar-refractivity contribution in [2.45, 2.75) is 12.5 Å². The van der Waals surface area contributed by atoms with Gasteiger partial charge in [0.25, 0.3) is 11.8 Å². The van der Waals surface area contributed by atoms with Crippen molar-refractivity contribution in [3.8, 4) is 0 Å². The van der Waals surface area contributed by atoms with Crippen molar-refractivity contribution in [2.75, 3.05) is 0 Å². The number of rotatable bonds is 4. The van der Waals surface area contributed by atoms with Gasteiger partial charge in [-0.05, 0) is 17.7 Å². The van der Waals surface area contributed by atoms with Gasteiger partial charge in [-0.2, -0.15) is 0 Å². The molecule has 0 fully saturated rings. The molecule has 3 amide bonds. The van der Waals surface area contributed by atoms with Gasteiger partial charge in [-0.3, -0.25) is 19.3 Å². The number of carbonyl (C=O) groups excluding carboxylic acids is 3. The molecular formula is C17H12N2O4. The molecule has 1 heterocycles. The molecule has 0 aromatic heterocycles. The van der Waals surface area contributed by atoms with Crippen LogP contribution < -0.4 is 0 Å². The van der Waals surface area contributed by atoms with Gasteiger partial charge in [0, 0.05) is 11.6 Å². The topological polar surface area (TPSA) is 83.9 Å². The Kier molecular flexibility index (Phi) is 3.80. The first-order valence-electron chi connectivity index (χ1n) is 7.01. The molecule has 0 saturated heterocycles. The van der Waals surface area contributed by atoms with E-state index in [4.69, 9.17) is 0 Å². The Morgan fingerprint density at radius 3 is 1.96 bits per heavy atom. The van der Waals surface area contributed by atoms with Gasteiger partial charge in [-0.15, -0.1) is 4.91 Å². The van der Waals surface area contributed by atoms with E-state index >= 15 is 0 Å². The van der Waals surface area contributed by atoms with Crippen molar-refractivity contribution in [1.29, 1.82) is 0 Å². The van der Waals surface area contributed by atoms with Crippen molar-refractivity contribution in [2.24, 2.45) is 5.18 Å². The minimum Gasteiger partial charge on any atom is -0.269 e. The van der Waals surface area contributed by atoms with Gasteiger partial charge in [0.2, 0.25) is 0 Å². The summed E-state index contributed by atoms with van der Waals surface area (Å²) >= 11 is 0. The first-order valence-corrected chi connectivity index (χ1v) is 7.01. The molecule has 1 atom stereocenters. The number of nitroso groups, excluding NO2 is 1. The molecule has 2 aromatic carbocycles. The van der Waals surface area contributed by atoms with E-state index in [0.29, 0.717) is 0 Å². The van der Waals surface area contributed by atoms with Crippen LogP contribution in [0.1, 0.15) is 26.3 Å². The van der Waals surface area contributed by atoms with Gasteiger partial charge >= 0.3 is 5.91 Å². The molecular weight excluding hydrogens is 296 g/mol. The monoisotopic (exact) mass is 308 g/mol. The van der Waals surface area contributed by atoms with Crippen LogP contribution in [0.4, 0.5) is 0 Å². The molecule has 0 aliphatic carbocycles. The average molecular weight is 308 g/mol. The Morgan fingerprint density at radius 2 is 1.43 bits per heavy atom. The van der Waals surface area contributed by atoms with E-state index in [1.165, 1.54) is 12.1 Å². The van der Waals surface area contributed by atoms with Gasteiger partial charge in [0.05, 0.1) is 11.1 Å². The summed E-state index contributed by atoms with van der Waals surface area (Å²) in [6.07, 6.45) is 0.0525. The SMILES string of the molecule is O=NC(=O)C(Cc1ccccc1)N1C(=O)c2ccccc2C1=O. The summed E-state index contributed by atoms with van der Waals surface area (Å²) in [6.45, 7) is 0. The van der Waals surface area contributed by atoms with Crippen molar-refractivity contribution in [3.05, 3.63) is 76.2 Å². The number of nitrogens with zero attached hydrogens (tertiary/aromatic N) is 2. The third-order valence-corrected chi connectivity index (χ3v) is 3.78. The van der Waals surface area contributed by atoms with Crippen LogP contribution in [-0.2, 0) is 11.2 Å². The van der Waals surface area contributed by atoms with Crippen molar-refractivity contribution in [1.82, 2.24) is 4.90 Å². The average Bonchev–Trinajstić information content (AvgIpc) is 2.85. The largest absolute Gasteiger partial charge is 0.309 e. The maximum Gasteiger partial charge on any atom is 0.309 e. The quantitative estimate of drug-likeness (QED) is 0.640. The van der Waals surface area contributed by atoms with E-state index in [1.54, 1.807) is 42.5 Å². The lowest BCUT2D eigenvalue weighted by Gasteiger charge is -2.22. The highest BCUT2D eigenvalue weighted by molar-refractivity contribution is 6.22. The van der Waals surface area contributed by atoms with Crippen LogP contribution in [0.3, 0.4) is 0 Å². The number of amides is 3. The molecule has 6 heteroatoms. The van der Waals surface area contributed by atoms with Crippen LogP contribution in [-0.4, -0.2) is 28.7 Å². The van der Waals surface area contributed by atoms with Gasteiger partial charge < -0.3 is 0 Å². The first kappa shape index (κ1) is 14.8. The standard InChI is InChI=1S/C17H12N2O4/c20-15(18-23)14(10-11-6-2-1-3-7-11)19-16(21)12-8-4-5-9-13(12)17(19)22/h1-9,14H,10H2. The molecule has 0 radical (unpaired) electrons. The third-order valence-electron chi connectivity index (χ3n) is 3.78. The van der Waals surface area contributed by atoms with E-state index in [9.17, 15) is 19.3 Å². The van der Waals surface area contributed by atoms with Crippen molar-refractivity contribution >= 4 is 17.7 Å². The Morgan fingerprint density at radius 1 is 0.913 bits per heavy atom. The predicted octanol–water partition coefficient (Wildman–Crippen LogP) is 2.19. The minimum atomic E-state index is -1.23. The van der Waals surface area contributed by atoms with E-state index in [0.717, 1.165) is 10.5 Å². The van der Waals surface area contributed by atoms with E-state index in [-0.39, 0.29) is 17.5 Å². The zero-order valence-corrected chi connectivity index (χ0v) is 12.0. The molecule has 3 rings (SSSR count). The predicted molar refractivity (Wildman–Crippen MR) is 81.7 cm³/mol. The number of hydrogen-bond acceptors (Lipinski definition) is 4. The summed E-state index contributed by atoms with van der Waals surface area (Å²) in [5, 5.41) is 2.43. The number of hydrogen-bond donors (Lipinski definition) is 0. The zero-order chi connectivity index (χ0) is 16.4. The van der Waals surface area contributed by atoms with Crippen LogP contribution >= 0.6 is 0 Å². The van der Waals surface area contributed by atoms with Crippen LogP contribution in [0.15, 0.2) is 59.8 Å². The van der Waals surface area contributed by atoms with Crippen LogP contribution in [0.25, 0.3) is 0 Å². The van der Waals surface area contributed by atoms with Crippen molar-refractivity contribution < 1.29 is 14.4 Å². The molecule has 0 saturated carbocycles. The second-order valence-electron chi connectivity index (χ2n) is 5.16. The lowest BCUT2D eigenvalue weighted by atomic mass is 10.0. The third kappa shape index (κ3) is 2.55. The number of fused-ring (bicyclic) bond motifs is 1. The van der Waals surface area contributed by atoms with E-state index < -0.39 is 23.8 Å². The highest BCUT2D eigenvalue weighted by Gasteiger charge is 2.43. The van der Waals surface area contributed by atoms with Gasteiger partial charge in [-0.1, -0.05) is 42.5 Å². The number of imide groups is 1. The fourth-order valence-electron chi connectivity index (χ4n) is 2.68. The smallest absolute Gasteiger partial charge is 0.269 e. The number of carbonyl (C=O) groups is 3. The summed E-state index contributed by atoms with van der Waals surface area (Å²) in [5.41, 5.74) is 1.19. The van der Waals surface area contributed by atoms with E-state index in [1.807, 2.05) is 0 Å². The first-order chi connectivity index (χ1) is 11.1. The highest BCUT2D eigenvalue weighted by atomic mass is 16.3.